The van der Waals surface area contributed by atoms with Crippen LogP contribution in [0.3, 0.4) is 0 Å². The van der Waals surface area contributed by atoms with Crippen LogP contribution in [0, 0.1) is 17.8 Å². The molecular formula is C30H38F2NO7P. The van der Waals surface area contributed by atoms with Gasteiger partial charge < -0.3 is 9.64 Å². The molecule has 1 saturated heterocycles. The molecule has 8 nitrogen and oxygen atoms in total. The van der Waals surface area contributed by atoms with E-state index in [-0.39, 0.29) is 25.5 Å². The van der Waals surface area contributed by atoms with E-state index in [0.717, 1.165) is 11.1 Å². The van der Waals surface area contributed by atoms with Crippen molar-refractivity contribution < 1.29 is 41.2 Å². The van der Waals surface area contributed by atoms with Crippen molar-refractivity contribution in [1.29, 1.82) is 0 Å². The summed E-state index contributed by atoms with van der Waals surface area (Å²) in [5, 5.41) is 0. The molecule has 2 aliphatic rings. The van der Waals surface area contributed by atoms with Crippen LogP contribution < -0.4 is 0 Å². The molecule has 0 bridgehead atoms. The maximum absolute atomic E-state index is 14.6. The third-order valence-electron chi connectivity index (χ3n) is 7.17. The Morgan fingerprint density at radius 1 is 0.927 bits per heavy atom. The summed E-state index contributed by atoms with van der Waals surface area (Å²) in [6.45, 7) is 5.14. The number of halogens is 2. The predicted molar refractivity (Wildman–Crippen MR) is 148 cm³/mol. The van der Waals surface area contributed by atoms with E-state index in [1.165, 1.54) is 4.90 Å². The molecule has 224 valence electrons. The molecular weight excluding hydrogens is 555 g/mol. The second-order valence-electron chi connectivity index (χ2n) is 11.7. The van der Waals surface area contributed by atoms with Gasteiger partial charge in [-0.3, -0.25) is 18.4 Å². The fraction of sp³-hybridized carbons (Fsp3) is 0.533. The van der Waals surface area contributed by atoms with Crippen molar-refractivity contribution in [2.75, 3.05) is 19.7 Å². The number of phosphoric ester groups is 1. The number of Topliss-reactive ketones (excluding diaryl/α,β-unsaturated/α-hetero) is 1. The summed E-state index contributed by atoms with van der Waals surface area (Å²) < 4.78 is 65.1. The molecule has 4 rings (SSSR count). The lowest BCUT2D eigenvalue weighted by molar-refractivity contribution is -0.128. The largest absolute Gasteiger partial charge is 0.475 e. The van der Waals surface area contributed by atoms with E-state index in [1.54, 1.807) is 69.3 Å². The first-order valence-electron chi connectivity index (χ1n) is 13.8. The number of amides is 1. The zero-order valence-corrected chi connectivity index (χ0v) is 24.6. The highest BCUT2D eigenvalue weighted by Gasteiger charge is 2.52. The summed E-state index contributed by atoms with van der Waals surface area (Å²) in [5.41, 5.74) is 0.778. The highest BCUT2D eigenvalue weighted by molar-refractivity contribution is 7.48. The first kappa shape index (κ1) is 31.3. The van der Waals surface area contributed by atoms with Crippen molar-refractivity contribution >= 4 is 19.7 Å². The summed E-state index contributed by atoms with van der Waals surface area (Å²) >= 11 is 0. The number of nitrogens with zero attached hydrogens (tertiary/aromatic N) is 1. The molecule has 0 spiro atoms. The Morgan fingerprint density at radius 3 is 2.02 bits per heavy atom. The van der Waals surface area contributed by atoms with E-state index in [4.69, 9.17) is 18.3 Å². The minimum absolute atomic E-state index is 0.0708. The van der Waals surface area contributed by atoms with Gasteiger partial charge in [0.2, 0.25) is 5.92 Å². The van der Waals surface area contributed by atoms with Crippen LogP contribution in [0.1, 0.15) is 51.2 Å². The summed E-state index contributed by atoms with van der Waals surface area (Å²) in [5.74, 6) is -5.89. The van der Waals surface area contributed by atoms with E-state index in [2.05, 4.69) is 0 Å². The Labute approximate surface area is 239 Å². The van der Waals surface area contributed by atoms with Gasteiger partial charge in [-0.15, -0.1) is 0 Å². The van der Waals surface area contributed by atoms with Crippen molar-refractivity contribution in [2.45, 2.75) is 64.8 Å². The van der Waals surface area contributed by atoms with Crippen molar-refractivity contribution in [1.82, 2.24) is 4.90 Å². The van der Waals surface area contributed by atoms with E-state index < -0.39 is 62.6 Å². The van der Waals surface area contributed by atoms with E-state index in [1.807, 2.05) is 12.1 Å². The number of hydrogen-bond donors (Lipinski definition) is 0. The quantitative estimate of drug-likeness (QED) is 0.258. The summed E-state index contributed by atoms with van der Waals surface area (Å²) in [7, 11) is -4.20. The van der Waals surface area contributed by atoms with Crippen LogP contribution in [0.2, 0.25) is 0 Å². The Kier molecular flexibility index (Phi) is 10.0. The van der Waals surface area contributed by atoms with Gasteiger partial charge in [0.05, 0.1) is 19.8 Å². The molecule has 3 atom stereocenters. The van der Waals surface area contributed by atoms with Gasteiger partial charge in [0, 0.05) is 37.8 Å². The minimum Gasteiger partial charge on any atom is -0.444 e. The molecule has 2 aromatic rings. The smallest absolute Gasteiger partial charge is 0.444 e. The predicted octanol–water partition coefficient (Wildman–Crippen LogP) is 7.03. The molecule has 2 unspecified atom stereocenters. The first-order chi connectivity index (χ1) is 19.3. The molecule has 1 aliphatic heterocycles. The lowest BCUT2D eigenvalue weighted by Gasteiger charge is -2.25. The van der Waals surface area contributed by atoms with Gasteiger partial charge in [-0.05, 0) is 44.2 Å². The Bertz CT molecular complexity index is 1170. The number of rotatable bonds is 11. The molecule has 0 aromatic heterocycles. The van der Waals surface area contributed by atoms with E-state index in [9.17, 15) is 22.9 Å². The number of phosphoric acid groups is 1. The monoisotopic (exact) mass is 593 g/mol. The molecule has 2 aromatic carbocycles. The number of alkyl halides is 2. The van der Waals surface area contributed by atoms with Crippen molar-refractivity contribution in [3.63, 3.8) is 0 Å². The number of benzene rings is 2. The Hall–Kier alpha value is -2.65. The lowest BCUT2D eigenvalue weighted by atomic mass is 9.85. The summed E-state index contributed by atoms with van der Waals surface area (Å²) in [6, 6.07) is 18.0. The van der Waals surface area contributed by atoms with Crippen molar-refractivity contribution in [3.05, 3.63) is 71.8 Å². The topological polar surface area (TPSA) is 91.4 Å². The number of carbonyl (C=O) groups excluding carboxylic acids is 2. The van der Waals surface area contributed by atoms with E-state index in [0.29, 0.717) is 13.0 Å². The maximum Gasteiger partial charge on any atom is 0.475 e. The third-order valence-corrected chi connectivity index (χ3v) is 8.52. The van der Waals surface area contributed by atoms with Crippen LogP contribution in [-0.2, 0) is 40.9 Å². The van der Waals surface area contributed by atoms with Crippen LogP contribution in [0.4, 0.5) is 13.6 Å². The van der Waals surface area contributed by atoms with Crippen molar-refractivity contribution in [3.8, 4) is 0 Å². The fourth-order valence-electron chi connectivity index (χ4n) is 5.15. The zero-order valence-electron chi connectivity index (χ0n) is 23.7. The highest BCUT2D eigenvalue weighted by atomic mass is 31.2. The van der Waals surface area contributed by atoms with Crippen LogP contribution in [0.15, 0.2) is 60.7 Å². The number of hydrogen-bond acceptors (Lipinski definition) is 7. The molecule has 0 N–H and O–H groups in total. The summed E-state index contributed by atoms with van der Waals surface area (Å²) in [4.78, 5) is 27.3. The standard InChI is InChI=1S/C30H38F2NO7P/c1-29(2,3)40-28(35)33-15-14-24(18-33)27(34)26-17-30(31,32)16-25(26)21-39-41(36,37-19-22-10-6-4-7-11-22)38-20-23-12-8-5-9-13-23/h4-13,24-26H,14-21H2,1-3H3/t24?,25-,26?/m0/s1. The van der Waals surface area contributed by atoms with Crippen LogP contribution in [0.25, 0.3) is 0 Å². The fourth-order valence-corrected chi connectivity index (χ4v) is 6.36. The van der Waals surface area contributed by atoms with E-state index >= 15 is 0 Å². The van der Waals surface area contributed by atoms with Gasteiger partial charge in [-0.2, -0.15) is 0 Å². The van der Waals surface area contributed by atoms with Crippen LogP contribution >= 0.6 is 7.82 Å². The molecule has 1 aliphatic carbocycles. The van der Waals surface area contributed by atoms with Gasteiger partial charge in [0.1, 0.15) is 11.4 Å². The maximum atomic E-state index is 14.6. The molecule has 1 amide bonds. The molecule has 2 fully saturated rings. The number of ketones is 1. The SMILES string of the molecule is CC(C)(C)OC(=O)N1CCC(C(=O)C2CC(F)(F)C[C@H]2COP(=O)(OCc2ccccc2)OCc2ccccc2)C1. The molecule has 41 heavy (non-hydrogen) atoms. The Morgan fingerprint density at radius 2 is 1.49 bits per heavy atom. The minimum atomic E-state index is -4.20. The Balaban J connectivity index is 1.42. The number of likely N-dealkylation sites (tertiary alicyclic amines) is 1. The van der Waals surface area contributed by atoms with Crippen LogP contribution in [-0.4, -0.2) is 48.0 Å². The third kappa shape index (κ3) is 9.17. The summed E-state index contributed by atoms with van der Waals surface area (Å²) in [6.07, 6.45) is -1.37. The average molecular weight is 594 g/mol. The van der Waals surface area contributed by atoms with Crippen molar-refractivity contribution in [2.24, 2.45) is 17.8 Å². The second kappa shape index (κ2) is 13.1. The highest BCUT2D eigenvalue weighted by Crippen LogP contribution is 2.53. The van der Waals surface area contributed by atoms with Gasteiger partial charge in [0.15, 0.2) is 0 Å². The van der Waals surface area contributed by atoms with Gasteiger partial charge in [0.25, 0.3) is 0 Å². The molecule has 1 heterocycles. The van der Waals surface area contributed by atoms with Crippen LogP contribution in [0.5, 0.6) is 0 Å². The first-order valence-corrected chi connectivity index (χ1v) is 15.3. The van der Waals surface area contributed by atoms with Gasteiger partial charge >= 0.3 is 13.9 Å². The number of carbonyl (C=O) groups is 2. The lowest BCUT2D eigenvalue weighted by Crippen LogP contribution is -2.36. The zero-order chi connectivity index (χ0) is 29.7. The normalized spacial score (nSPS) is 22.6. The number of ether oxygens (including phenoxy) is 1. The molecule has 1 saturated carbocycles. The average Bonchev–Trinajstić information content (AvgIpc) is 3.54. The van der Waals surface area contributed by atoms with Gasteiger partial charge in [-0.1, -0.05) is 60.7 Å². The molecule has 0 radical (unpaired) electrons. The van der Waals surface area contributed by atoms with Gasteiger partial charge in [-0.25, -0.2) is 18.1 Å². The second-order valence-corrected chi connectivity index (χ2v) is 13.4. The molecule has 11 heteroatoms.